The van der Waals surface area contributed by atoms with Crippen molar-refractivity contribution in [3.8, 4) is 22.8 Å². The predicted octanol–water partition coefficient (Wildman–Crippen LogP) is 4.29. The monoisotopic (exact) mass is 500 g/mol. The van der Waals surface area contributed by atoms with Crippen molar-refractivity contribution >= 4 is 33.7 Å². The van der Waals surface area contributed by atoms with Gasteiger partial charge in [-0.25, -0.2) is 15.0 Å². The fourth-order valence-corrected chi connectivity index (χ4v) is 5.33. The van der Waals surface area contributed by atoms with Crippen LogP contribution >= 0.6 is 11.6 Å². The van der Waals surface area contributed by atoms with Gasteiger partial charge in [0.15, 0.2) is 5.15 Å². The summed E-state index contributed by atoms with van der Waals surface area (Å²) in [6.07, 6.45) is 3.85. The number of nitrogens with one attached hydrogen (secondary N) is 1. The molecule has 0 saturated carbocycles. The number of imidazole rings is 1. The van der Waals surface area contributed by atoms with Gasteiger partial charge in [0.05, 0.1) is 34.3 Å². The van der Waals surface area contributed by atoms with Crippen LogP contribution in [0.1, 0.15) is 11.9 Å². The second-order valence-electron chi connectivity index (χ2n) is 9.81. The number of benzene rings is 2. The zero-order valence-electron chi connectivity index (χ0n) is 20.0. The van der Waals surface area contributed by atoms with Crippen molar-refractivity contribution in [1.82, 2.24) is 39.5 Å². The molecule has 36 heavy (non-hydrogen) atoms. The second kappa shape index (κ2) is 8.26. The van der Waals surface area contributed by atoms with Gasteiger partial charge in [0.1, 0.15) is 23.0 Å². The van der Waals surface area contributed by atoms with Crippen LogP contribution in [0.5, 0.6) is 11.5 Å². The summed E-state index contributed by atoms with van der Waals surface area (Å²) in [6.45, 7) is 6.30. The first-order valence-corrected chi connectivity index (χ1v) is 12.4. The Bertz CT molecular complexity index is 1600. The first-order valence-electron chi connectivity index (χ1n) is 12.1. The summed E-state index contributed by atoms with van der Waals surface area (Å²) in [5.74, 6) is 2.27. The van der Waals surface area contributed by atoms with Gasteiger partial charge in [-0.05, 0) is 38.2 Å². The highest BCUT2D eigenvalue weighted by Gasteiger charge is 2.38. The quantitative estimate of drug-likeness (QED) is 0.385. The van der Waals surface area contributed by atoms with E-state index in [2.05, 4.69) is 36.9 Å². The van der Waals surface area contributed by atoms with Crippen molar-refractivity contribution in [3.05, 3.63) is 59.8 Å². The van der Waals surface area contributed by atoms with Crippen LogP contribution in [0, 0.1) is 6.92 Å². The fraction of sp³-hybridized carbons (Fsp3) is 0.308. The van der Waals surface area contributed by atoms with E-state index >= 15 is 0 Å². The minimum Gasteiger partial charge on any atom is -0.457 e. The zero-order chi connectivity index (χ0) is 24.4. The smallest absolute Gasteiger partial charge is 0.156 e. The molecule has 0 spiro atoms. The lowest BCUT2D eigenvalue weighted by atomic mass is 10.0. The first kappa shape index (κ1) is 21.7. The molecule has 0 unspecified atom stereocenters. The van der Waals surface area contributed by atoms with Gasteiger partial charge in [0.2, 0.25) is 0 Å². The number of nitrogens with zero attached hydrogens (tertiary/aromatic N) is 7. The summed E-state index contributed by atoms with van der Waals surface area (Å²) >= 11 is 6.54. The first-order chi connectivity index (χ1) is 17.5. The Balaban J connectivity index is 1.12. The van der Waals surface area contributed by atoms with Crippen LogP contribution in [-0.4, -0.2) is 78.8 Å². The minimum atomic E-state index is 0.364. The van der Waals surface area contributed by atoms with E-state index < -0.39 is 0 Å². The molecule has 182 valence electrons. The van der Waals surface area contributed by atoms with Crippen LogP contribution in [0.2, 0.25) is 5.15 Å². The molecule has 0 amide bonds. The highest BCUT2D eigenvalue weighted by molar-refractivity contribution is 6.32. The Hall–Kier alpha value is -3.53. The summed E-state index contributed by atoms with van der Waals surface area (Å²) in [5.41, 5.74) is 4.76. The summed E-state index contributed by atoms with van der Waals surface area (Å²) in [7, 11) is 2.16. The van der Waals surface area contributed by atoms with Gasteiger partial charge in [-0.3, -0.25) is 9.58 Å². The molecule has 2 aliphatic rings. The van der Waals surface area contributed by atoms with Crippen LogP contribution in [0.3, 0.4) is 0 Å². The van der Waals surface area contributed by atoms with Crippen molar-refractivity contribution in [1.29, 1.82) is 0 Å². The van der Waals surface area contributed by atoms with Crippen LogP contribution in [0.25, 0.3) is 33.3 Å². The molecule has 0 radical (unpaired) electrons. The molecule has 2 saturated heterocycles. The number of aryl methyl sites for hydroxylation is 1. The van der Waals surface area contributed by atoms with E-state index in [0.717, 1.165) is 54.3 Å². The lowest BCUT2D eigenvalue weighted by molar-refractivity contribution is -0.0188. The number of likely N-dealkylation sites (tertiary alicyclic amines) is 2. The Morgan fingerprint density at radius 1 is 0.917 bits per heavy atom. The third-order valence-electron chi connectivity index (χ3n) is 7.10. The number of rotatable bonds is 5. The number of likely N-dealkylation sites (N-methyl/N-ethyl adjacent to an activating group) is 1. The van der Waals surface area contributed by atoms with Gasteiger partial charge < -0.3 is 14.6 Å². The van der Waals surface area contributed by atoms with Crippen molar-refractivity contribution < 1.29 is 4.74 Å². The van der Waals surface area contributed by atoms with Crippen molar-refractivity contribution in [3.63, 3.8) is 0 Å². The second-order valence-corrected chi connectivity index (χ2v) is 10.2. The SMILES string of the molecule is Cc1nc2ccc(Oc3ccc4nc(Cl)c(-c5cnn(C6CN(C7CN(C)C7)C6)c5)nc4c3)cc2[nH]1. The highest BCUT2D eigenvalue weighted by Crippen LogP contribution is 2.32. The molecule has 7 rings (SSSR count). The number of hydrogen-bond acceptors (Lipinski definition) is 7. The lowest BCUT2D eigenvalue weighted by Gasteiger charge is -2.50. The molecule has 3 aromatic heterocycles. The minimum absolute atomic E-state index is 0.364. The maximum atomic E-state index is 6.54. The van der Waals surface area contributed by atoms with E-state index in [1.54, 1.807) is 0 Å². The average molecular weight is 501 g/mol. The normalized spacial score (nSPS) is 17.5. The molecule has 1 N–H and O–H groups in total. The topological polar surface area (TPSA) is 88.0 Å². The molecule has 0 aliphatic carbocycles. The molecule has 10 heteroatoms. The highest BCUT2D eigenvalue weighted by atomic mass is 35.5. The maximum Gasteiger partial charge on any atom is 0.156 e. The summed E-state index contributed by atoms with van der Waals surface area (Å²) in [6, 6.07) is 12.5. The number of aromatic nitrogens is 6. The van der Waals surface area contributed by atoms with Crippen molar-refractivity contribution in [2.24, 2.45) is 0 Å². The maximum absolute atomic E-state index is 6.54. The van der Waals surface area contributed by atoms with Gasteiger partial charge in [0.25, 0.3) is 0 Å². The summed E-state index contributed by atoms with van der Waals surface area (Å²) < 4.78 is 8.15. The number of hydrogen-bond donors (Lipinski definition) is 1. The van der Waals surface area contributed by atoms with Crippen LogP contribution in [0.4, 0.5) is 0 Å². The number of H-pyrrole nitrogens is 1. The van der Waals surface area contributed by atoms with E-state index in [4.69, 9.17) is 21.3 Å². The number of fused-ring (bicyclic) bond motifs is 2. The number of ether oxygens (including phenoxy) is 1. The Morgan fingerprint density at radius 2 is 1.69 bits per heavy atom. The van der Waals surface area contributed by atoms with Crippen molar-refractivity contribution in [2.75, 3.05) is 33.2 Å². The van der Waals surface area contributed by atoms with Crippen LogP contribution in [0.15, 0.2) is 48.8 Å². The van der Waals surface area contributed by atoms with E-state index in [9.17, 15) is 0 Å². The fourth-order valence-electron chi connectivity index (χ4n) is 5.09. The average Bonchev–Trinajstić information content (AvgIpc) is 3.42. The third-order valence-corrected chi connectivity index (χ3v) is 7.36. The zero-order valence-corrected chi connectivity index (χ0v) is 20.8. The summed E-state index contributed by atoms with van der Waals surface area (Å²) in [4.78, 5) is 22.0. The third kappa shape index (κ3) is 3.80. The molecule has 0 atom stereocenters. The molecule has 5 aromatic rings. The van der Waals surface area contributed by atoms with E-state index in [-0.39, 0.29) is 0 Å². The molecule has 2 aliphatic heterocycles. The Kier molecular flexibility index (Phi) is 4.99. The van der Waals surface area contributed by atoms with E-state index in [0.29, 0.717) is 39.7 Å². The lowest BCUT2D eigenvalue weighted by Crippen LogP contribution is -2.64. The number of halogens is 1. The molecule has 2 aromatic carbocycles. The molecular weight excluding hydrogens is 476 g/mol. The summed E-state index contributed by atoms with van der Waals surface area (Å²) in [5, 5.41) is 4.97. The molecule has 5 heterocycles. The van der Waals surface area contributed by atoms with Crippen LogP contribution in [-0.2, 0) is 0 Å². The van der Waals surface area contributed by atoms with E-state index in [1.165, 1.54) is 0 Å². The molecule has 2 fully saturated rings. The van der Waals surface area contributed by atoms with Crippen LogP contribution < -0.4 is 4.74 Å². The van der Waals surface area contributed by atoms with Gasteiger partial charge in [-0.15, -0.1) is 0 Å². The van der Waals surface area contributed by atoms with Gasteiger partial charge in [-0.2, -0.15) is 5.10 Å². The van der Waals surface area contributed by atoms with E-state index in [1.807, 2.05) is 60.4 Å². The standard InChI is InChI=1S/C26H25ClN8O/c1-15-29-21-5-3-19(7-23(21)30-15)36-20-4-6-22-24(8-20)31-25(26(27)32-22)16-9-28-35(10-16)18-13-34(14-18)17-11-33(2)12-17/h3-10,17-18H,11-14H2,1-2H3,(H,29,30). The molecule has 9 nitrogen and oxygen atoms in total. The molecule has 0 bridgehead atoms. The molecular formula is C26H25ClN8O. The van der Waals surface area contributed by atoms with Gasteiger partial charge in [-0.1, -0.05) is 11.6 Å². The predicted molar refractivity (Wildman–Crippen MR) is 139 cm³/mol. The van der Waals surface area contributed by atoms with Crippen molar-refractivity contribution in [2.45, 2.75) is 19.0 Å². The van der Waals surface area contributed by atoms with Gasteiger partial charge in [0, 0.05) is 56.1 Å². The largest absolute Gasteiger partial charge is 0.457 e. The number of aromatic amines is 1. The van der Waals surface area contributed by atoms with Gasteiger partial charge >= 0.3 is 0 Å². The Morgan fingerprint density at radius 3 is 2.50 bits per heavy atom. The Labute approximate surface area is 212 Å².